The van der Waals surface area contributed by atoms with Gasteiger partial charge in [0.1, 0.15) is 6.07 Å². The van der Waals surface area contributed by atoms with Gasteiger partial charge in [-0.05, 0) is 0 Å². The average molecular weight is 233 g/mol. The van der Waals surface area contributed by atoms with Crippen LogP contribution in [-0.4, -0.2) is 18.5 Å². The summed E-state index contributed by atoms with van der Waals surface area (Å²) in [7, 11) is 1.24. The lowest BCUT2D eigenvalue weighted by atomic mass is 10.3. The first-order valence-corrected chi connectivity index (χ1v) is 3.87. The molecule has 0 saturated heterocycles. The van der Waals surface area contributed by atoms with Gasteiger partial charge in [0, 0.05) is 6.07 Å². The molecular weight excluding hydrogens is 227 g/mol. The number of anilines is 1. The maximum absolute atomic E-state index is 12.0. The summed E-state index contributed by atoms with van der Waals surface area (Å²) in [5, 5.41) is 8.59. The SMILES string of the molecule is COc1cc(N)c(OC(F)(F)F)c(C#N)n1. The Kier molecular flexibility index (Phi) is 3.08. The number of ether oxygens (including phenoxy) is 2. The molecule has 0 aliphatic rings. The quantitative estimate of drug-likeness (QED) is 0.835. The third-order valence-corrected chi connectivity index (χ3v) is 1.51. The zero-order valence-corrected chi connectivity index (χ0v) is 8.00. The molecule has 1 rings (SSSR count). The lowest BCUT2D eigenvalue weighted by Gasteiger charge is -2.12. The van der Waals surface area contributed by atoms with Crippen LogP contribution in [0, 0.1) is 11.3 Å². The summed E-state index contributed by atoms with van der Waals surface area (Å²) in [6, 6.07) is 2.47. The van der Waals surface area contributed by atoms with E-state index < -0.39 is 17.8 Å². The van der Waals surface area contributed by atoms with Crippen LogP contribution in [0.25, 0.3) is 0 Å². The molecule has 0 saturated carbocycles. The molecule has 1 aromatic rings. The van der Waals surface area contributed by atoms with Gasteiger partial charge < -0.3 is 15.2 Å². The van der Waals surface area contributed by atoms with Crippen molar-refractivity contribution >= 4 is 5.69 Å². The fourth-order valence-corrected chi connectivity index (χ4v) is 0.932. The summed E-state index contributed by atoms with van der Waals surface area (Å²) in [6.07, 6.45) is -4.93. The summed E-state index contributed by atoms with van der Waals surface area (Å²) in [6.45, 7) is 0. The van der Waals surface area contributed by atoms with Gasteiger partial charge in [0.15, 0.2) is 11.4 Å². The zero-order valence-electron chi connectivity index (χ0n) is 8.00. The number of nitrogens with two attached hydrogens (primary N) is 1. The van der Waals surface area contributed by atoms with Crippen molar-refractivity contribution in [1.82, 2.24) is 4.98 Å². The van der Waals surface area contributed by atoms with Gasteiger partial charge in [-0.1, -0.05) is 0 Å². The molecule has 2 N–H and O–H groups in total. The summed E-state index contributed by atoms with van der Waals surface area (Å²) < 4.78 is 44.2. The molecule has 0 radical (unpaired) electrons. The Bertz CT molecular complexity index is 439. The summed E-state index contributed by atoms with van der Waals surface area (Å²) in [4.78, 5) is 3.47. The van der Waals surface area contributed by atoms with Gasteiger partial charge in [-0.25, -0.2) is 0 Å². The molecule has 5 nitrogen and oxygen atoms in total. The molecule has 0 atom stereocenters. The van der Waals surface area contributed by atoms with Crippen molar-refractivity contribution < 1.29 is 22.6 Å². The van der Waals surface area contributed by atoms with E-state index in [9.17, 15) is 13.2 Å². The normalized spacial score (nSPS) is 10.7. The highest BCUT2D eigenvalue weighted by Gasteiger charge is 2.33. The molecule has 0 fully saturated rings. The number of halogens is 3. The van der Waals surface area contributed by atoms with Crippen molar-refractivity contribution in [2.45, 2.75) is 6.36 Å². The van der Waals surface area contributed by atoms with E-state index in [-0.39, 0.29) is 11.6 Å². The largest absolute Gasteiger partial charge is 0.573 e. The molecule has 1 aromatic heterocycles. The molecular formula is C8H6F3N3O2. The van der Waals surface area contributed by atoms with Crippen molar-refractivity contribution in [3.05, 3.63) is 11.8 Å². The smallest absolute Gasteiger partial charge is 0.481 e. The van der Waals surface area contributed by atoms with Crippen molar-refractivity contribution in [3.63, 3.8) is 0 Å². The minimum Gasteiger partial charge on any atom is -0.481 e. The topological polar surface area (TPSA) is 81.2 Å². The van der Waals surface area contributed by atoms with Crippen LogP contribution in [0.3, 0.4) is 0 Å². The van der Waals surface area contributed by atoms with Crippen LogP contribution in [-0.2, 0) is 0 Å². The third kappa shape index (κ3) is 2.66. The van der Waals surface area contributed by atoms with E-state index >= 15 is 0 Å². The number of pyridine rings is 1. The van der Waals surface area contributed by atoms with Gasteiger partial charge in [-0.2, -0.15) is 10.2 Å². The number of hydrogen-bond donors (Lipinski definition) is 1. The second-order valence-corrected chi connectivity index (χ2v) is 2.59. The van der Waals surface area contributed by atoms with Crippen LogP contribution in [0.1, 0.15) is 5.69 Å². The molecule has 8 heteroatoms. The standard InChI is InChI=1S/C8H6F3N3O2/c1-15-6-2-4(13)7(5(3-12)14-6)16-8(9,10)11/h2H,1H3,(H2,13,14). The van der Waals surface area contributed by atoms with Crippen molar-refractivity contribution in [2.75, 3.05) is 12.8 Å². The maximum Gasteiger partial charge on any atom is 0.573 e. The second kappa shape index (κ2) is 4.14. The third-order valence-electron chi connectivity index (χ3n) is 1.51. The van der Waals surface area contributed by atoms with Crippen LogP contribution >= 0.6 is 0 Å². The lowest BCUT2D eigenvalue weighted by molar-refractivity contribution is -0.274. The molecule has 0 bridgehead atoms. The van der Waals surface area contributed by atoms with E-state index in [0.717, 1.165) is 6.07 Å². The van der Waals surface area contributed by atoms with Crippen LogP contribution in [0.4, 0.5) is 18.9 Å². The van der Waals surface area contributed by atoms with Crippen LogP contribution in [0.15, 0.2) is 6.07 Å². The highest BCUT2D eigenvalue weighted by molar-refractivity contribution is 5.60. The molecule has 86 valence electrons. The van der Waals surface area contributed by atoms with E-state index in [1.165, 1.54) is 13.2 Å². The number of nitrogens with zero attached hydrogens (tertiary/aromatic N) is 2. The molecule has 0 aliphatic heterocycles. The minimum absolute atomic E-state index is 0.0661. The Morgan fingerprint density at radius 2 is 2.12 bits per heavy atom. The first-order valence-electron chi connectivity index (χ1n) is 3.87. The second-order valence-electron chi connectivity index (χ2n) is 2.59. The van der Waals surface area contributed by atoms with Gasteiger partial charge in [0.25, 0.3) is 0 Å². The van der Waals surface area contributed by atoms with Crippen LogP contribution in [0.2, 0.25) is 0 Å². The van der Waals surface area contributed by atoms with E-state index in [1.807, 2.05) is 0 Å². The van der Waals surface area contributed by atoms with Crippen LogP contribution in [0.5, 0.6) is 11.6 Å². The average Bonchev–Trinajstić information content (AvgIpc) is 2.19. The Morgan fingerprint density at radius 3 is 2.56 bits per heavy atom. The van der Waals surface area contributed by atoms with Crippen molar-refractivity contribution in [2.24, 2.45) is 0 Å². The fourth-order valence-electron chi connectivity index (χ4n) is 0.932. The molecule has 1 heterocycles. The van der Waals surface area contributed by atoms with Crippen molar-refractivity contribution in [3.8, 4) is 17.7 Å². The number of nitriles is 1. The predicted molar refractivity (Wildman–Crippen MR) is 46.6 cm³/mol. The van der Waals surface area contributed by atoms with Crippen molar-refractivity contribution in [1.29, 1.82) is 5.26 Å². The Balaban J connectivity index is 3.23. The first kappa shape index (κ1) is 11.9. The summed E-state index contributed by atoms with van der Waals surface area (Å²) >= 11 is 0. The fraction of sp³-hybridized carbons (Fsp3) is 0.250. The Morgan fingerprint density at radius 1 is 1.50 bits per heavy atom. The zero-order chi connectivity index (χ0) is 12.3. The number of alkyl halides is 3. The highest BCUT2D eigenvalue weighted by Crippen LogP contribution is 2.32. The summed E-state index contributed by atoms with van der Waals surface area (Å²) in [5.41, 5.74) is 4.32. The van der Waals surface area contributed by atoms with Crippen LogP contribution < -0.4 is 15.2 Å². The van der Waals surface area contributed by atoms with Gasteiger partial charge in [-0.3, -0.25) is 0 Å². The molecule has 0 unspecified atom stereocenters. The lowest BCUT2D eigenvalue weighted by Crippen LogP contribution is -2.19. The molecule has 0 spiro atoms. The number of rotatable bonds is 2. The maximum atomic E-state index is 12.0. The van der Waals surface area contributed by atoms with E-state index in [1.54, 1.807) is 0 Å². The Hall–Kier alpha value is -2.17. The Labute approximate surface area is 88.2 Å². The summed E-state index contributed by atoms with van der Waals surface area (Å²) in [5.74, 6) is -0.889. The van der Waals surface area contributed by atoms with E-state index in [4.69, 9.17) is 11.0 Å². The van der Waals surface area contributed by atoms with Gasteiger partial charge in [0.05, 0.1) is 12.8 Å². The number of hydrogen-bond acceptors (Lipinski definition) is 5. The number of methoxy groups -OCH3 is 1. The minimum atomic E-state index is -4.93. The number of aromatic nitrogens is 1. The van der Waals surface area contributed by atoms with Gasteiger partial charge in [-0.15, -0.1) is 13.2 Å². The predicted octanol–water partition coefficient (Wildman–Crippen LogP) is 1.44. The molecule has 16 heavy (non-hydrogen) atoms. The first-order chi connectivity index (χ1) is 7.37. The van der Waals surface area contributed by atoms with Gasteiger partial charge in [0.2, 0.25) is 5.88 Å². The highest BCUT2D eigenvalue weighted by atomic mass is 19.4. The van der Waals surface area contributed by atoms with Gasteiger partial charge >= 0.3 is 6.36 Å². The van der Waals surface area contributed by atoms with E-state index in [0.29, 0.717) is 0 Å². The molecule has 0 amide bonds. The number of nitrogen functional groups attached to an aromatic ring is 1. The van der Waals surface area contributed by atoms with E-state index in [2.05, 4.69) is 14.5 Å². The molecule has 0 aliphatic carbocycles. The monoisotopic (exact) mass is 233 g/mol. The molecule has 0 aromatic carbocycles.